The number of nitrogens with zero attached hydrogens (tertiary/aromatic N) is 2. The third kappa shape index (κ3) is 3.55. The van der Waals surface area contributed by atoms with Crippen molar-refractivity contribution in [2.75, 3.05) is 12.1 Å². The quantitative estimate of drug-likeness (QED) is 0.674. The highest BCUT2D eigenvalue weighted by Gasteiger charge is 2.19. The third-order valence-electron chi connectivity index (χ3n) is 4.34. The van der Waals surface area contributed by atoms with Crippen molar-refractivity contribution >= 4 is 22.7 Å². The number of hydrogen-bond acceptors (Lipinski definition) is 7. The molecule has 7 heteroatoms. The Kier molecular flexibility index (Phi) is 4.73. The number of ether oxygens (including phenoxy) is 3. The maximum Gasteiger partial charge on any atom is 0.342 e. The molecule has 4 rings (SSSR count). The number of fused-ring (bicyclic) bond motifs is 2. The fourth-order valence-electron chi connectivity index (χ4n) is 3.04. The normalized spacial score (nSPS) is 12.4. The SMILES string of the molecule is Cc1ccc2c(NCc3ccc4c(c3)OCO4)c(C(=O)OC(C)C)cnc2n1. The van der Waals surface area contributed by atoms with E-state index in [9.17, 15) is 4.79 Å². The molecule has 0 amide bonds. The molecule has 7 nitrogen and oxygen atoms in total. The summed E-state index contributed by atoms with van der Waals surface area (Å²) >= 11 is 0. The zero-order valence-corrected chi connectivity index (χ0v) is 16.0. The summed E-state index contributed by atoms with van der Waals surface area (Å²) in [5, 5.41) is 4.13. The van der Waals surface area contributed by atoms with Crippen molar-refractivity contribution in [3.63, 3.8) is 0 Å². The predicted molar refractivity (Wildman–Crippen MR) is 105 cm³/mol. The molecule has 0 unspecified atom stereocenters. The molecule has 0 aliphatic carbocycles. The van der Waals surface area contributed by atoms with Gasteiger partial charge in [0, 0.05) is 23.8 Å². The Morgan fingerprint density at radius 1 is 1.21 bits per heavy atom. The van der Waals surface area contributed by atoms with Gasteiger partial charge in [-0.05, 0) is 50.6 Å². The van der Waals surface area contributed by atoms with Crippen LogP contribution in [0.15, 0.2) is 36.5 Å². The molecule has 144 valence electrons. The van der Waals surface area contributed by atoms with Crippen LogP contribution in [-0.4, -0.2) is 28.8 Å². The summed E-state index contributed by atoms with van der Waals surface area (Å²) in [6.45, 7) is 6.26. The molecule has 0 atom stereocenters. The van der Waals surface area contributed by atoms with Crippen molar-refractivity contribution in [1.82, 2.24) is 9.97 Å². The number of esters is 1. The molecule has 28 heavy (non-hydrogen) atoms. The number of aromatic nitrogens is 2. The minimum absolute atomic E-state index is 0.221. The second-order valence-corrected chi connectivity index (χ2v) is 6.87. The van der Waals surface area contributed by atoms with Gasteiger partial charge >= 0.3 is 5.97 Å². The monoisotopic (exact) mass is 379 g/mol. The lowest BCUT2D eigenvalue weighted by Crippen LogP contribution is -2.15. The predicted octanol–water partition coefficient (Wildman–Crippen LogP) is 3.84. The van der Waals surface area contributed by atoms with Crippen LogP contribution in [0.3, 0.4) is 0 Å². The van der Waals surface area contributed by atoms with Gasteiger partial charge in [-0.1, -0.05) is 6.07 Å². The Balaban J connectivity index is 1.69. The lowest BCUT2D eigenvalue weighted by atomic mass is 10.1. The van der Waals surface area contributed by atoms with Crippen molar-refractivity contribution in [2.24, 2.45) is 0 Å². The Hall–Kier alpha value is -3.35. The summed E-state index contributed by atoms with van der Waals surface area (Å²) in [5.74, 6) is 1.03. The largest absolute Gasteiger partial charge is 0.459 e. The average molecular weight is 379 g/mol. The van der Waals surface area contributed by atoms with Crippen LogP contribution in [-0.2, 0) is 11.3 Å². The van der Waals surface area contributed by atoms with Crippen molar-refractivity contribution < 1.29 is 19.0 Å². The van der Waals surface area contributed by atoms with Gasteiger partial charge in [-0.15, -0.1) is 0 Å². The van der Waals surface area contributed by atoms with Crippen LogP contribution in [0.5, 0.6) is 11.5 Å². The van der Waals surface area contributed by atoms with Crippen LogP contribution in [0.25, 0.3) is 11.0 Å². The number of carbonyl (C=O) groups is 1. The average Bonchev–Trinajstić information content (AvgIpc) is 3.12. The zero-order valence-electron chi connectivity index (χ0n) is 16.0. The molecule has 0 bridgehead atoms. The van der Waals surface area contributed by atoms with Crippen LogP contribution < -0.4 is 14.8 Å². The first-order chi connectivity index (χ1) is 13.5. The number of benzene rings is 1. The van der Waals surface area contributed by atoms with E-state index in [0.717, 1.165) is 28.1 Å². The molecule has 3 heterocycles. The number of rotatable bonds is 5. The number of pyridine rings is 2. The molecule has 0 spiro atoms. The fourth-order valence-corrected chi connectivity index (χ4v) is 3.04. The molecule has 0 radical (unpaired) electrons. The van der Waals surface area contributed by atoms with Gasteiger partial charge in [0.15, 0.2) is 17.1 Å². The van der Waals surface area contributed by atoms with Crippen LogP contribution in [0.4, 0.5) is 5.69 Å². The van der Waals surface area contributed by atoms with Gasteiger partial charge in [0.1, 0.15) is 5.56 Å². The van der Waals surface area contributed by atoms with Crippen molar-refractivity contribution in [1.29, 1.82) is 0 Å². The Morgan fingerprint density at radius 3 is 2.86 bits per heavy atom. The van der Waals surface area contributed by atoms with Crippen molar-refractivity contribution in [3.8, 4) is 11.5 Å². The second-order valence-electron chi connectivity index (χ2n) is 6.87. The van der Waals surface area contributed by atoms with E-state index in [1.165, 1.54) is 6.20 Å². The van der Waals surface area contributed by atoms with Gasteiger partial charge in [-0.25, -0.2) is 14.8 Å². The highest BCUT2D eigenvalue weighted by molar-refractivity contribution is 6.04. The van der Waals surface area contributed by atoms with Gasteiger partial charge in [0.25, 0.3) is 0 Å². The molecule has 0 saturated heterocycles. The maximum absolute atomic E-state index is 12.6. The van der Waals surface area contributed by atoms with Gasteiger partial charge < -0.3 is 19.5 Å². The molecule has 1 aliphatic heterocycles. The summed E-state index contributed by atoms with van der Waals surface area (Å²) in [5.41, 5.74) is 3.47. The van der Waals surface area contributed by atoms with E-state index in [-0.39, 0.29) is 12.9 Å². The van der Waals surface area contributed by atoms with Gasteiger partial charge in [-0.3, -0.25) is 0 Å². The minimum atomic E-state index is -0.418. The third-order valence-corrected chi connectivity index (χ3v) is 4.34. The summed E-state index contributed by atoms with van der Waals surface area (Å²) in [6.07, 6.45) is 1.29. The Bertz CT molecular complexity index is 1050. The van der Waals surface area contributed by atoms with E-state index in [1.54, 1.807) is 0 Å². The maximum atomic E-state index is 12.6. The van der Waals surface area contributed by atoms with E-state index in [2.05, 4.69) is 15.3 Å². The van der Waals surface area contributed by atoms with Crippen molar-refractivity contribution in [3.05, 3.63) is 53.3 Å². The number of carbonyl (C=O) groups excluding carboxylic acids is 1. The Morgan fingerprint density at radius 2 is 2.04 bits per heavy atom. The minimum Gasteiger partial charge on any atom is -0.459 e. The highest BCUT2D eigenvalue weighted by Crippen LogP contribution is 2.33. The van der Waals surface area contributed by atoms with E-state index in [0.29, 0.717) is 23.4 Å². The van der Waals surface area contributed by atoms with Gasteiger partial charge in [0.2, 0.25) is 6.79 Å². The topological polar surface area (TPSA) is 82.6 Å². The number of aryl methyl sites for hydroxylation is 1. The van der Waals surface area contributed by atoms with Crippen LogP contribution in [0.1, 0.15) is 35.5 Å². The van der Waals surface area contributed by atoms with Crippen LogP contribution in [0, 0.1) is 6.92 Å². The summed E-state index contributed by atoms with van der Waals surface area (Å²) < 4.78 is 16.2. The van der Waals surface area contributed by atoms with E-state index < -0.39 is 5.97 Å². The molecule has 3 aromatic rings. The zero-order chi connectivity index (χ0) is 19.7. The van der Waals surface area contributed by atoms with Crippen LogP contribution >= 0.6 is 0 Å². The molecule has 1 aromatic carbocycles. The summed E-state index contributed by atoms with van der Waals surface area (Å²) in [6, 6.07) is 9.57. The van der Waals surface area contributed by atoms with E-state index in [4.69, 9.17) is 14.2 Å². The van der Waals surface area contributed by atoms with E-state index >= 15 is 0 Å². The molecular weight excluding hydrogens is 358 g/mol. The number of nitrogens with one attached hydrogen (secondary N) is 1. The first kappa shape index (κ1) is 18.0. The number of hydrogen-bond donors (Lipinski definition) is 1. The highest BCUT2D eigenvalue weighted by atomic mass is 16.7. The molecule has 1 N–H and O–H groups in total. The molecule has 0 saturated carbocycles. The van der Waals surface area contributed by atoms with E-state index in [1.807, 2.05) is 51.1 Å². The smallest absolute Gasteiger partial charge is 0.342 e. The summed E-state index contributed by atoms with van der Waals surface area (Å²) in [7, 11) is 0. The lowest BCUT2D eigenvalue weighted by molar-refractivity contribution is 0.0378. The Labute approximate surface area is 162 Å². The van der Waals surface area contributed by atoms with Gasteiger partial charge in [0.05, 0.1) is 11.8 Å². The standard InChI is InChI=1S/C21H21N3O4/c1-12(2)28-21(25)16-10-23-20-15(6-4-13(3)24-20)19(16)22-9-14-5-7-17-18(8-14)27-11-26-17/h4-8,10,12H,9,11H2,1-3H3,(H,22,23,24). The lowest BCUT2D eigenvalue weighted by Gasteiger charge is -2.15. The molecule has 0 fully saturated rings. The van der Waals surface area contributed by atoms with Gasteiger partial charge in [-0.2, -0.15) is 0 Å². The molecule has 1 aliphatic rings. The fraction of sp³-hybridized carbons (Fsp3) is 0.286. The molecular formula is C21H21N3O4. The van der Waals surface area contributed by atoms with Crippen LogP contribution in [0.2, 0.25) is 0 Å². The first-order valence-electron chi connectivity index (χ1n) is 9.11. The molecule has 2 aromatic heterocycles. The number of anilines is 1. The second kappa shape index (κ2) is 7.34. The first-order valence-corrected chi connectivity index (χ1v) is 9.11. The summed E-state index contributed by atoms with van der Waals surface area (Å²) in [4.78, 5) is 21.4. The van der Waals surface area contributed by atoms with Crippen molar-refractivity contribution in [2.45, 2.75) is 33.4 Å².